The fourth-order valence-corrected chi connectivity index (χ4v) is 8.99. The van der Waals surface area contributed by atoms with Gasteiger partial charge in [0.2, 0.25) is 0 Å². The van der Waals surface area contributed by atoms with Gasteiger partial charge in [-0.3, -0.25) is 9.59 Å². The fraction of sp³-hybridized carbons (Fsp3) is 0.887. The minimum atomic E-state index is -1.50. The summed E-state index contributed by atoms with van der Waals surface area (Å²) in [6.45, 7) is 4.85. The number of quaternary nitrogens is 1. The van der Waals surface area contributed by atoms with Crippen molar-refractivity contribution >= 4 is 17.9 Å². The first-order valence-electron chi connectivity index (χ1n) is 30.5. The lowest BCUT2D eigenvalue weighted by molar-refractivity contribution is -0.870. The SMILES string of the molecule is CCCCCCC/C=C\C/C=C\CCCCCCCCCCCCCCCCCCCCCCCCCCCCCC(=O)OC(COC(=O)CCCCCCCCC)COC(OCC[N+](C)(C)C)C(=O)O. The van der Waals surface area contributed by atoms with Gasteiger partial charge in [0, 0.05) is 12.8 Å². The van der Waals surface area contributed by atoms with E-state index in [0.29, 0.717) is 17.4 Å². The topological polar surface area (TPSA) is 108 Å². The molecule has 9 nitrogen and oxygen atoms in total. The van der Waals surface area contributed by atoms with Crippen LogP contribution in [-0.2, 0) is 33.3 Å². The summed E-state index contributed by atoms with van der Waals surface area (Å²) in [5, 5.41) is 9.64. The average molecular weight is 1010 g/mol. The number of carboxylic acids is 1. The maximum absolute atomic E-state index is 12.8. The van der Waals surface area contributed by atoms with Crippen molar-refractivity contribution in [1.29, 1.82) is 0 Å². The number of nitrogens with zero attached hydrogens (tertiary/aromatic N) is 1. The number of allylic oxidation sites excluding steroid dienone is 4. The quantitative estimate of drug-likeness (QED) is 0.0211. The van der Waals surface area contributed by atoms with Gasteiger partial charge in [-0.25, -0.2) is 4.79 Å². The number of carbonyl (C=O) groups is 3. The lowest BCUT2D eigenvalue weighted by Gasteiger charge is -2.25. The van der Waals surface area contributed by atoms with Crippen LogP contribution >= 0.6 is 0 Å². The monoisotopic (exact) mass is 1000 g/mol. The predicted octanol–water partition coefficient (Wildman–Crippen LogP) is 17.9. The van der Waals surface area contributed by atoms with Crippen LogP contribution < -0.4 is 0 Å². The molecule has 2 unspecified atom stereocenters. The van der Waals surface area contributed by atoms with Gasteiger partial charge in [0.25, 0.3) is 6.29 Å². The smallest absolute Gasteiger partial charge is 0.361 e. The van der Waals surface area contributed by atoms with Crippen LogP contribution in [0.1, 0.15) is 296 Å². The first kappa shape index (κ1) is 68.8. The summed E-state index contributed by atoms with van der Waals surface area (Å²) in [4.78, 5) is 37.1. The van der Waals surface area contributed by atoms with Gasteiger partial charge in [0.05, 0.1) is 34.4 Å². The van der Waals surface area contributed by atoms with E-state index in [4.69, 9.17) is 18.9 Å². The van der Waals surface area contributed by atoms with Gasteiger partial charge in [-0.1, -0.05) is 263 Å². The number of carbonyl (C=O) groups excluding carboxylic acids is 2. The van der Waals surface area contributed by atoms with Crippen molar-refractivity contribution in [3.05, 3.63) is 24.3 Å². The first-order chi connectivity index (χ1) is 34.6. The summed E-state index contributed by atoms with van der Waals surface area (Å²) >= 11 is 0. The molecule has 0 saturated carbocycles. The normalized spacial score (nSPS) is 12.9. The minimum absolute atomic E-state index is 0.176. The molecule has 0 radical (unpaired) electrons. The number of hydrogen-bond acceptors (Lipinski definition) is 7. The van der Waals surface area contributed by atoms with Crippen molar-refractivity contribution < 1.29 is 42.9 Å². The number of aliphatic carboxylic acids is 1. The Labute approximate surface area is 439 Å². The highest BCUT2D eigenvalue weighted by Crippen LogP contribution is 2.18. The van der Waals surface area contributed by atoms with Gasteiger partial charge in [-0.15, -0.1) is 0 Å². The van der Waals surface area contributed by atoms with Crippen LogP contribution in [0.4, 0.5) is 0 Å². The summed E-state index contributed by atoms with van der Waals surface area (Å²) in [6, 6.07) is 0. The van der Waals surface area contributed by atoms with Gasteiger partial charge in [0.15, 0.2) is 6.10 Å². The lowest BCUT2D eigenvalue weighted by Crippen LogP contribution is -2.40. The molecule has 0 saturated heterocycles. The number of hydrogen-bond donors (Lipinski definition) is 1. The zero-order chi connectivity index (χ0) is 52.0. The van der Waals surface area contributed by atoms with Gasteiger partial charge in [-0.05, 0) is 44.9 Å². The number of rotatable bonds is 57. The van der Waals surface area contributed by atoms with E-state index in [-0.39, 0.29) is 38.2 Å². The van der Waals surface area contributed by atoms with Gasteiger partial charge >= 0.3 is 17.9 Å². The molecule has 0 aromatic rings. The van der Waals surface area contributed by atoms with Crippen molar-refractivity contribution in [3.63, 3.8) is 0 Å². The molecular formula is C62H118NO8+. The van der Waals surface area contributed by atoms with E-state index in [2.05, 4.69) is 38.2 Å². The molecule has 1 N–H and O–H groups in total. The molecule has 0 amide bonds. The molecule has 0 aliphatic rings. The Morgan fingerprint density at radius 1 is 0.423 bits per heavy atom. The molecule has 0 aliphatic heterocycles. The Kier molecular flexibility index (Phi) is 52.3. The zero-order valence-electron chi connectivity index (χ0n) is 47.7. The third-order valence-corrected chi connectivity index (χ3v) is 13.7. The molecule has 2 atom stereocenters. The predicted molar refractivity (Wildman–Crippen MR) is 300 cm³/mol. The number of esters is 2. The highest BCUT2D eigenvalue weighted by Gasteiger charge is 2.25. The second-order valence-corrected chi connectivity index (χ2v) is 22.0. The molecule has 0 fully saturated rings. The number of unbranched alkanes of at least 4 members (excludes halogenated alkanes) is 38. The molecule has 0 aromatic heterocycles. The van der Waals surface area contributed by atoms with Crippen LogP contribution in [0.25, 0.3) is 0 Å². The van der Waals surface area contributed by atoms with E-state index in [0.717, 1.165) is 44.9 Å². The van der Waals surface area contributed by atoms with Crippen LogP contribution in [0.5, 0.6) is 0 Å². The third kappa shape index (κ3) is 55.4. The van der Waals surface area contributed by atoms with Crippen LogP contribution in [-0.4, -0.2) is 87.4 Å². The Bertz CT molecular complexity index is 1210. The Morgan fingerprint density at radius 3 is 1.11 bits per heavy atom. The maximum Gasteiger partial charge on any atom is 0.361 e. The number of carboxylic acid groups (broad SMARTS) is 1. The summed E-state index contributed by atoms with van der Waals surface area (Å²) < 4.78 is 22.7. The van der Waals surface area contributed by atoms with Crippen molar-refractivity contribution in [2.75, 3.05) is 47.5 Å². The summed E-state index contributed by atoms with van der Waals surface area (Å²) in [5.74, 6) is -1.99. The molecule has 0 aromatic carbocycles. The van der Waals surface area contributed by atoms with E-state index in [1.807, 2.05) is 21.1 Å². The molecule has 9 heteroatoms. The van der Waals surface area contributed by atoms with Crippen LogP contribution in [0.2, 0.25) is 0 Å². The van der Waals surface area contributed by atoms with Crippen molar-refractivity contribution in [2.24, 2.45) is 0 Å². The molecular weight excluding hydrogens is 887 g/mol. The van der Waals surface area contributed by atoms with E-state index in [1.54, 1.807) is 0 Å². The van der Waals surface area contributed by atoms with E-state index in [1.165, 1.54) is 225 Å². The highest BCUT2D eigenvalue weighted by molar-refractivity contribution is 5.71. The van der Waals surface area contributed by atoms with E-state index in [9.17, 15) is 19.5 Å². The minimum Gasteiger partial charge on any atom is -0.477 e. The van der Waals surface area contributed by atoms with Crippen molar-refractivity contribution in [3.8, 4) is 0 Å². The van der Waals surface area contributed by atoms with Gasteiger partial charge in [0.1, 0.15) is 13.2 Å². The van der Waals surface area contributed by atoms with Crippen LogP contribution in [0, 0.1) is 0 Å². The summed E-state index contributed by atoms with van der Waals surface area (Å²) in [7, 11) is 5.97. The van der Waals surface area contributed by atoms with Crippen molar-refractivity contribution in [2.45, 2.75) is 309 Å². The standard InChI is InChI=1S/C62H117NO8/c1-6-8-10-12-14-15-16-17-18-19-20-21-22-23-24-25-26-27-28-29-30-31-32-33-34-35-36-37-38-39-40-41-42-43-44-45-47-49-51-53-60(65)71-58(56-69-59(64)52-50-48-46-13-11-9-7-2)57-70-62(61(66)67)68-55-54-63(3,4)5/h16-17,19-20,58,62H,6-15,18,21-57H2,1-5H3/p+1/b17-16-,20-19-. The molecule has 71 heavy (non-hydrogen) atoms. The molecule has 0 heterocycles. The zero-order valence-corrected chi connectivity index (χ0v) is 47.7. The molecule has 0 aliphatic carbocycles. The molecule has 0 bridgehead atoms. The van der Waals surface area contributed by atoms with Gasteiger partial charge in [-0.2, -0.15) is 0 Å². The van der Waals surface area contributed by atoms with Crippen molar-refractivity contribution in [1.82, 2.24) is 0 Å². The fourth-order valence-electron chi connectivity index (χ4n) is 8.99. The lowest BCUT2D eigenvalue weighted by atomic mass is 10.0. The molecule has 418 valence electrons. The second-order valence-electron chi connectivity index (χ2n) is 22.0. The Balaban J connectivity index is 3.80. The van der Waals surface area contributed by atoms with E-state index < -0.39 is 18.4 Å². The molecule has 0 spiro atoms. The summed E-state index contributed by atoms with van der Waals surface area (Å²) in [6.07, 6.45) is 61.9. The number of ether oxygens (including phenoxy) is 4. The van der Waals surface area contributed by atoms with Crippen LogP contribution in [0.15, 0.2) is 24.3 Å². The molecule has 0 rings (SSSR count). The van der Waals surface area contributed by atoms with Crippen LogP contribution in [0.3, 0.4) is 0 Å². The highest BCUT2D eigenvalue weighted by atomic mass is 16.7. The summed E-state index contributed by atoms with van der Waals surface area (Å²) in [5.41, 5.74) is 0. The number of likely N-dealkylation sites (N-methyl/N-ethyl adjacent to an activating group) is 1. The first-order valence-corrected chi connectivity index (χ1v) is 30.5. The third-order valence-electron chi connectivity index (χ3n) is 13.7. The Hall–Kier alpha value is -2.23. The van der Waals surface area contributed by atoms with E-state index >= 15 is 0 Å². The largest absolute Gasteiger partial charge is 0.477 e. The maximum atomic E-state index is 12.8. The second kappa shape index (κ2) is 54.0. The van der Waals surface area contributed by atoms with Gasteiger partial charge < -0.3 is 28.5 Å². The Morgan fingerprint density at radius 2 is 0.761 bits per heavy atom. The average Bonchev–Trinajstić information content (AvgIpc) is 3.34.